The monoisotopic (exact) mass is 810 g/mol. The molecule has 56 heavy (non-hydrogen) atoms. The zero-order chi connectivity index (χ0) is 41.2. The number of unbranched alkanes of at least 4 members (excludes halogenated alkanes) is 30. The number of allylic oxidation sites excluding steroid dienone is 5. The number of aliphatic hydroxyl groups is 2. The van der Waals surface area contributed by atoms with Crippen molar-refractivity contribution in [3.8, 4) is 0 Å². The van der Waals surface area contributed by atoms with Gasteiger partial charge in [0.1, 0.15) is 6.10 Å². The highest BCUT2D eigenvalue weighted by molar-refractivity contribution is 7.85. The molecular weight excluding hydrogens is 719 g/mol. The highest BCUT2D eigenvalue weighted by atomic mass is 32.2. The first-order valence-corrected chi connectivity index (χ1v) is 25.4. The molecule has 330 valence electrons. The van der Waals surface area contributed by atoms with Gasteiger partial charge in [0.2, 0.25) is 5.91 Å². The third kappa shape index (κ3) is 40.7. The van der Waals surface area contributed by atoms with Crippen LogP contribution in [0.4, 0.5) is 0 Å². The van der Waals surface area contributed by atoms with E-state index < -0.39 is 40.0 Å². The molecular formula is C48H91NO6S. The normalized spacial score (nSPS) is 14.0. The molecule has 0 aromatic carbocycles. The Kier molecular flexibility index (Phi) is 40.6. The molecule has 0 fully saturated rings. The fourth-order valence-electron chi connectivity index (χ4n) is 7.25. The fraction of sp³-hybridized carbons (Fsp3) is 0.854. The maximum absolute atomic E-state index is 12.6. The molecule has 4 N–H and O–H groups in total. The van der Waals surface area contributed by atoms with Crippen molar-refractivity contribution < 1.29 is 28.0 Å². The van der Waals surface area contributed by atoms with Gasteiger partial charge in [0, 0.05) is 0 Å². The van der Waals surface area contributed by atoms with Crippen molar-refractivity contribution in [2.45, 2.75) is 257 Å². The van der Waals surface area contributed by atoms with E-state index in [4.69, 9.17) is 0 Å². The molecule has 0 rings (SSSR count). The van der Waals surface area contributed by atoms with Crippen molar-refractivity contribution >= 4 is 16.0 Å². The largest absolute Gasteiger partial charge is 0.387 e. The number of aliphatic hydroxyl groups excluding tert-OH is 2. The average molecular weight is 810 g/mol. The number of carbonyl (C=O) groups is 1. The van der Waals surface area contributed by atoms with Crippen molar-refractivity contribution in [3.05, 3.63) is 36.5 Å². The second-order valence-electron chi connectivity index (χ2n) is 16.5. The molecule has 3 atom stereocenters. The van der Waals surface area contributed by atoms with E-state index in [1.54, 1.807) is 6.08 Å². The van der Waals surface area contributed by atoms with Crippen LogP contribution in [0.2, 0.25) is 0 Å². The highest BCUT2D eigenvalue weighted by Gasteiger charge is 2.27. The number of hydrogen-bond acceptors (Lipinski definition) is 5. The minimum absolute atomic E-state index is 0.274. The van der Waals surface area contributed by atoms with E-state index >= 15 is 0 Å². The van der Waals surface area contributed by atoms with E-state index in [-0.39, 0.29) is 6.42 Å². The first-order valence-electron chi connectivity index (χ1n) is 23.8. The van der Waals surface area contributed by atoms with Crippen LogP contribution in [-0.2, 0) is 14.9 Å². The molecule has 0 aliphatic rings. The Hall–Kier alpha value is -1.48. The van der Waals surface area contributed by atoms with Crippen molar-refractivity contribution in [2.24, 2.45) is 0 Å². The Morgan fingerprint density at radius 2 is 0.804 bits per heavy atom. The zero-order valence-electron chi connectivity index (χ0n) is 36.6. The van der Waals surface area contributed by atoms with Gasteiger partial charge in [-0.2, -0.15) is 8.42 Å². The standard InChI is InChI=1S/C48H91NO6S/c1-3-5-7-9-11-13-15-17-19-21-23-24-25-27-28-30-32-34-36-38-40-42-46(50)45(44-56(53,54)55)49-48(52)47(51)43-41-39-37-35-33-31-29-26-22-20-18-16-14-12-10-8-6-4-2/h25,27,32,34,40,42,45-47,50-51H,3-24,26,28-31,33,35-39,41,43-44H2,1-2H3,(H,49,52)(H,53,54,55)/b27-25+,34-32+,42-40+. The molecule has 0 saturated carbocycles. The smallest absolute Gasteiger partial charge is 0.267 e. The van der Waals surface area contributed by atoms with Gasteiger partial charge in [-0.1, -0.05) is 230 Å². The minimum atomic E-state index is -4.46. The lowest BCUT2D eigenvalue weighted by atomic mass is 10.0. The van der Waals surface area contributed by atoms with Gasteiger partial charge in [0.25, 0.3) is 10.1 Å². The number of amides is 1. The lowest BCUT2D eigenvalue weighted by Gasteiger charge is -2.22. The van der Waals surface area contributed by atoms with Crippen LogP contribution in [0.25, 0.3) is 0 Å². The summed E-state index contributed by atoms with van der Waals surface area (Å²) in [7, 11) is -4.46. The van der Waals surface area contributed by atoms with Gasteiger partial charge in [0.05, 0.1) is 17.9 Å². The van der Waals surface area contributed by atoms with E-state index in [1.165, 1.54) is 167 Å². The third-order valence-corrected chi connectivity index (χ3v) is 11.7. The summed E-state index contributed by atoms with van der Waals surface area (Å²) >= 11 is 0. The van der Waals surface area contributed by atoms with Crippen LogP contribution in [-0.4, -0.2) is 53.1 Å². The van der Waals surface area contributed by atoms with Crippen LogP contribution in [0, 0.1) is 0 Å². The van der Waals surface area contributed by atoms with Gasteiger partial charge in [-0.15, -0.1) is 0 Å². The van der Waals surface area contributed by atoms with Crippen LogP contribution in [0.3, 0.4) is 0 Å². The third-order valence-electron chi connectivity index (χ3n) is 10.9. The van der Waals surface area contributed by atoms with Crippen molar-refractivity contribution in [1.82, 2.24) is 5.32 Å². The molecule has 0 aromatic heterocycles. The van der Waals surface area contributed by atoms with Crippen LogP contribution < -0.4 is 5.32 Å². The molecule has 0 aromatic rings. The minimum Gasteiger partial charge on any atom is -0.387 e. The molecule has 3 unspecified atom stereocenters. The number of carbonyl (C=O) groups excluding carboxylic acids is 1. The maximum atomic E-state index is 12.6. The first kappa shape index (κ1) is 54.5. The van der Waals surface area contributed by atoms with Gasteiger partial charge in [-0.3, -0.25) is 9.35 Å². The van der Waals surface area contributed by atoms with Gasteiger partial charge >= 0.3 is 0 Å². The Morgan fingerprint density at radius 3 is 1.18 bits per heavy atom. The average Bonchev–Trinajstić information content (AvgIpc) is 3.17. The maximum Gasteiger partial charge on any atom is 0.267 e. The predicted octanol–water partition coefficient (Wildman–Crippen LogP) is 13.4. The highest BCUT2D eigenvalue weighted by Crippen LogP contribution is 2.16. The quantitative estimate of drug-likeness (QED) is 0.0276. The lowest BCUT2D eigenvalue weighted by molar-refractivity contribution is -0.130. The molecule has 0 saturated heterocycles. The fourth-order valence-corrected chi connectivity index (χ4v) is 7.99. The molecule has 0 radical (unpaired) electrons. The second-order valence-corrected chi connectivity index (χ2v) is 18.0. The summed E-state index contributed by atoms with van der Waals surface area (Å²) in [4.78, 5) is 12.6. The van der Waals surface area contributed by atoms with Crippen molar-refractivity contribution in [1.29, 1.82) is 0 Å². The number of nitrogens with one attached hydrogen (secondary N) is 1. The number of hydrogen-bond donors (Lipinski definition) is 4. The van der Waals surface area contributed by atoms with Gasteiger partial charge in [-0.25, -0.2) is 0 Å². The van der Waals surface area contributed by atoms with Gasteiger partial charge < -0.3 is 15.5 Å². The predicted molar refractivity (Wildman–Crippen MR) is 241 cm³/mol. The van der Waals surface area contributed by atoms with E-state index in [1.807, 2.05) is 0 Å². The van der Waals surface area contributed by atoms with Crippen LogP contribution >= 0.6 is 0 Å². The van der Waals surface area contributed by atoms with Crippen LogP contribution in [0.5, 0.6) is 0 Å². The molecule has 0 bridgehead atoms. The molecule has 7 nitrogen and oxygen atoms in total. The zero-order valence-corrected chi connectivity index (χ0v) is 37.4. The second kappa shape index (κ2) is 41.7. The summed E-state index contributed by atoms with van der Waals surface area (Å²) in [6, 6.07) is -1.25. The first-order chi connectivity index (χ1) is 27.2. The van der Waals surface area contributed by atoms with Crippen molar-refractivity contribution in [2.75, 3.05) is 5.75 Å². The summed E-state index contributed by atoms with van der Waals surface area (Å²) in [6.07, 6.45) is 52.1. The molecule has 8 heteroatoms. The topological polar surface area (TPSA) is 124 Å². The molecule has 0 heterocycles. The molecule has 0 aliphatic heterocycles. The number of rotatable bonds is 43. The summed E-state index contributed by atoms with van der Waals surface area (Å²) < 4.78 is 32.6. The van der Waals surface area contributed by atoms with E-state index in [9.17, 15) is 28.0 Å². The lowest BCUT2D eigenvalue weighted by Crippen LogP contribution is -2.50. The van der Waals surface area contributed by atoms with E-state index in [2.05, 4.69) is 43.5 Å². The molecule has 0 spiro atoms. The van der Waals surface area contributed by atoms with Crippen LogP contribution in [0.15, 0.2) is 36.5 Å². The Labute approximate surface area is 347 Å². The SMILES string of the molecule is CCCCCCCCCCCCC/C=C/CC/C=C/CC/C=C/C(O)C(CS(=O)(=O)O)NC(=O)C(O)CCCCCCCCCCCCCCCCCCCC. The van der Waals surface area contributed by atoms with E-state index in [0.29, 0.717) is 12.8 Å². The summed E-state index contributed by atoms with van der Waals surface area (Å²) in [5.74, 6) is -1.56. The Morgan fingerprint density at radius 1 is 0.482 bits per heavy atom. The van der Waals surface area contributed by atoms with Crippen LogP contribution in [0.1, 0.15) is 239 Å². The van der Waals surface area contributed by atoms with Gasteiger partial charge in [0.15, 0.2) is 0 Å². The Bertz CT molecular complexity index is 1040. The summed E-state index contributed by atoms with van der Waals surface area (Å²) in [6.45, 7) is 4.54. The van der Waals surface area contributed by atoms with Crippen molar-refractivity contribution in [3.63, 3.8) is 0 Å². The van der Waals surface area contributed by atoms with Gasteiger partial charge in [-0.05, 0) is 44.9 Å². The summed E-state index contributed by atoms with van der Waals surface area (Å²) in [5.41, 5.74) is 0. The molecule has 1 amide bonds. The summed E-state index contributed by atoms with van der Waals surface area (Å²) in [5, 5.41) is 23.5. The van der Waals surface area contributed by atoms with E-state index in [0.717, 1.165) is 44.9 Å². The molecule has 0 aliphatic carbocycles. The Balaban J connectivity index is 4.01.